The third-order valence-electron chi connectivity index (χ3n) is 4.59. The van der Waals surface area contributed by atoms with Crippen LogP contribution in [-0.4, -0.2) is 42.4 Å². The lowest BCUT2D eigenvalue weighted by molar-refractivity contribution is -0.104. The van der Waals surface area contributed by atoms with Crippen molar-refractivity contribution in [3.63, 3.8) is 0 Å². The van der Waals surface area contributed by atoms with E-state index in [1.54, 1.807) is 13.0 Å². The minimum atomic E-state index is -0.315. The van der Waals surface area contributed by atoms with Gasteiger partial charge in [0.15, 0.2) is 6.29 Å². The van der Waals surface area contributed by atoms with Gasteiger partial charge in [-0.05, 0) is 37.1 Å². The Labute approximate surface area is 188 Å². The molecule has 1 aliphatic rings. The van der Waals surface area contributed by atoms with Gasteiger partial charge in [0.1, 0.15) is 0 Å². The minimum absolute atomic E-state index is 0.0776. The summed E-state index contributed by atoms with van der Waals surface area (Å²) in [6, 6.07) is 7.23. The Bertz CT molecular complexity index is 914. The zero-order chi connectivity index (χ0) is 22.4. The van der Waals surface area contributed by atoms with Crippen LogP contribution in [0.5, 0.6) is 0 Å². The van der Waals surface area contributed by atoms with Gasteiger partial charge in [0, 0.05) is 43.1 Å². The number of allylic oxidation sites excluding steroid dienone is 2. The van der Waals surface area contributed by atoms with Crippen molar-refractivity contribution in [2.75, 3.05) is 20.6 Å². The second-order valence-corrected chi connectivity index (χ2v) is 8.15. The Kier molecular flexibility index (Phi) is 8.33. The fourth-order valence-electron chi connectivity index (χ4n) is 3.41. The van der Waals surface area contributed by atoms with Crippen molar-refractivity contribution in [3.8, 4) is 0 Å². The Morgan fingerprint density at radius 2 is 1.97 bits per heavy atom. The molecule has 0 spiro atoms. The molecule has 0 saturated heterocycles. The summed E-state index contributed by atoms with van der Waals surface area (Å²) in [7, 11) is 3.79. The summed E-state index contributed by atoms with van der Waals surface area (Å²) >= 11 is 12.2. The number of hydrogen-bond acceptors (Lipinski definition) is 5. The highest BCUT2D eigenvalue weighted by Gasteiger charge is 2.38. The third kappa shape index (κ3) is 5.35. The fraction of sp³-hybridized carbons (Fsp3) is 0.304. The van der Waals surface area contributed by atoms with Crippen LogP contribution in [0.2, 0.25) is 5.02 Å². The van der Waals surface area contributed by atoms with E-state index in [4.69, 9.17) is 28.6 Å². The molecule has 1 aromatic rings. The number of carbonyl (C=O) groups is 1. The Morgan fingerprint density at radius 1 is 1.33 bits per heavy atom. The van der Waals surface area contributed by atoms with E-state index in [-0.39, 0.29) is 11.1 Å². The average molecular weight is 447 g/mol. The van der Waals surface area contributed by atoms with E-state index in [2.05, 4.69) is 18.8 Å². The van der Waals surface area contributed by atoms with Crippen molar-refractivity contribution in [2.24, 2.45) is 0 Å². The first-order chi connectivity index (χ1) is 14.2. The smallest absolute Gasteiger partial charge is 0.161 e. The van der Waals surface area contributed by atoms with Gasteiger partial charge in [-0.3, -0.25) is 4.79 Å². The zero-order valence-corrected chi connectivity index (χ0v) is 19.3. The highest BCUT2D eigenvalue weighted by atomic mass is 35.5. The van der Waals surface area contributed by atoms with E-state index in [0.29, 0.717) is 28.4 Å². The molecule has 1 aliphatic heterocycles. The van der Waals surface area contributed by atoms with Gasteiger partial charge in [0.25, 0.3) is 0 Å². The molecule has 7 heteroatoms. The number of aldehydes is 1. The van der Waals surface area contributed by atoms with Gasteiger partial charge in [0.2, 0.25) is 0 Å². The van der Waals surface area contributed by atoms with E-state index in [9.17, 15) is 4.79 Å². The van der Waals surface area contributed by atoms with E-state index >= 15 is 0 Å². The lowest BCUT2D eigenvalue weighted by Gasteiger charge is -2.31. The number of carbonyl (C=O) groups excluding carboxylic acids is 1. The van der Waals surface area contributed by atoms with Gasteiger partial charge < -0.3 is 20.5 Å². The number of nitrogens with zero attached hydrogens (tertiary/aromatic N) is 2. The maximum atomic E-state index is 11.2. The number of nitrogens with one attached hydrogen (secondary N) is 2. The van der Waals surface area contributed by atoms with Gasteiger partial charge >= 0.3 is 0 Å². The molecule has 0 radical (unpaired) electrons. The summed E-state index contributed by atoms with van der Waals surface area (Å²) in [5.41, 5.74) is 4.45. The molecule has 1 atom stereocenters. The normalized spacial score (nSPS) is 17.5. The van der Waals surface area contributed by atoms with E-state index in [0.717, 1.165) is 29.8 Å². The first-order valence-corrected chi connectivity index (χ1v) is 10.4. The number of halogens is 2. The van der Waals surface area contributed by atoms with Gasteiger partial charge in [-0.2, -0.15) is 0 Å². The molecule has 0 aliphatic carbocycles. The molecule has 1 heterocycles. The molecule has 0 aromatic heterocycles. The Balaban J connectivity index is 2.75. The summed E-state index contributed by atoms with van der Waals surface area (Å²) in [5.74, 6) is 0. The van der Waals surface area contributed by atoms with E-state index in [1.165, 1.54) is 0 Å². The summed E-state index contributed by atoms with van der Waals surface area (Å²) in [6.45, 7) is 8.93. The van der Waals surface area contributed by atoms with Crippen LogP contribution in [-0.2, 0) is 4.79 Å². The van der Waals surface area contributed by atoms with Crippen LogP contribution in [0.4, 0.5) is 0 Å². The van der Waals surface area contributed by atoms with Gasteiger partial charge in [-0.1, -0.05) is 48.8 Å². The number of benzene rings is 1. The predicted octanol–water partition coefficient (Wildman–Crippen LogP) is 5.23. The molecular formula is C23H28Cl2N4O. The van der Waals surface area contributed by atoms with Crippen molar-refractivity contribution in [2.45, 2.75) is 26.3 Å². The minimum Gasteiger partial charge on any atom is -0.383 e. The van der Waals surface area contributed by atoms with Crippen molar-refractivity contribution in [3.05, 3.63) is 81.4 Å². The van der Waals surface area contributed by atoms with Crippen molar-refractivity contribution in [1.82, 2.24) is 15.1 Å². The number of rotatable bonds is 9. The summed E-state index contributed by atoms with van der Waals surface area (Å²) < 4.78 is 0. The summed E-state index contributed by atoms with van der Waals surface area (Å²) in [6.07, 6.45) is 5.03. The van der Waals surface area contributed by atoms with Crippen LogP contribution in [0.25, 0.3) is 0 Å². The maximum absolute atomic E-state index is 11.2. The quantitative estimate of drug-likeness (QED) is 0.236. The fourth-order valence-corrected chi connectivity index (χ4v) is 3.65. The first kappa shape index (κ1) is 23.8. The van der Waals surface area contributed by atoms with Gasteiger partial charge in [-0.15, -0.1) is 0 Å². The van der Waals surface area contributed by atoms with Gasteiger partial charge in [-0.25, -0.2) is 0 Å². The molecule has 0 amide bonds. The Morgan fingerprint density at radius 3 is 2.47 bits per heavy atom. The van der Waals surface area contributed by atoms with Gasteiger partial charge in [0.05, 0.1) is 28.2 Å². The van der Waals surface area contributed by atoms with Crippen LogP contribution >= 0.6 is 23.2 Å². The summed E-state index contributed by atoms with van der Waals surface area (Å²) in [4.78, 5) is 15.1. The predicted molar refractivity (Wildman–Crippen MR) is 126 cm³/mol. The van der Waals surface area contributed by atoms with Crippen LogP contribution in [0.15, 0.2) is 70.8 Å². The lowest BCUT2D eigenvalue weighted by atomic mass is 9.95. The lowest BCUT2D eigenvalue weighted by Crippen LogP contribution is -2.26. The number of hydrogen-bond donors (Lipinski definition) is 2. The van der Waals surface area contributed by atoms with Crippen molar-refractivity contribution in [1.29, 1.82) is 5.41 Å². The largest absolute Gasteiger partial charge is 0.383 e. The second-order valence-electron chi connectivity index (χ2n) is 7.28. The maximum Gasteiger partial charge on any atom is 0.161 e. The molecule has 1 aromatic carbocycles. The molecule has 30 heavy (non-hydrogen) atoms. The summed E-state index contributed by atoms with van der Waals surface area (Å²) in [5, 5.41) is 12.7. The van der Waals surface area contributed by atoms with Crippen LogP contribution in [0.1, 0.15) is 31.9 Å². The molecule has 1 unspecified atom stereocenters. The van der Waals surface area contributed by atoms with Crippen LogP contribution in [0.3, 0.4) is 0 Å². The molecule has 5 nitrogen and oxygen atoms in total. The van der Waals surface area contributed by atoms with E-state index in [1.807, 2.05) is 54.4 Å². The highest BCUT2D eigenvalue weighted by molar-refractivity contribution is 6.38. The average Bonchev–Trinajstić information content (AvgIpc) is 2.98. The standard InChI is InChI=1S/C23H28Cl2N4O/c1-6-11-27-22-16(3)29(20(13-28(4)5)12-19(25)14-30)23(21(22)15(2)26)17-7-9-18(24)10-8-17/h7-10,12-14,23,26-27H,3,6,11H2,1-2,4-5H3/b19-12+,20-13+,26-15?. The topological polar surface area (TPSA) is 59.4 Å². The monoisotopic (exact) mass is 446 g/mol. The zero-order valence-electron chi connectivity index (χ0n) is 17.8. The molecule has 2 N–H and O–H groups in total. The van der Waals surface area contributed by atoms with Crippen molar-refractivity contribution < 1.29 is 4.79 Å². The first-order valence-electron chi connectivity index (χ1n) is 9.69. The van der Waals surface area contributed by atoms with Crippen LogP contribution < -0.4 is 5.32 Å². The van der Waals surface area contributed by atoms with E-state index < -0.39 is 0 Å². The Hall–Kier alpha value is -2.50. The molecule has 0 fully saturated rings. The highest BCUT2D eigenvalue weighted by Crippen LogP contribution is 2.45. The second kappa shape index (κ2) is 10.5. The third-order valence-corrected chi connectivity index (χ3v) is 5.04. The van der Waals surface area contributed by atoms with Crippen molar-refractivity contribution >= 4 is 35.2 Å². The SMILES string of the molecule is C=C1C(NCCC)=C(C(C)=N)C(c2ccc(Cl)cc2)N1C(/C=C(/Cl)C=O)=C/N(C)C. The molecule has 0 bridgehead atoms. The molecule has 160 valence electrons. The molecule has 0 saturated carbocycles. The molecular weight excluding hydrogens is 419 g/mol. The molecule has 2 rings (SSSR count). The van der Waals surface area contributed by atoms with Crippen LogP contribution in [0, 0.1) is 5.41 Å².